The zero-order valence-electron chi connectivity index (χ0n) is 29.3. The van der Waals surface area contributed by atoms with Crippen molar-refractivity contribution in [1.82, 2.24) is 19.7 Å². The monoisotopic (exact) mass is 743 g/mol. The van der Waals surface area contributed by atoms with Gasteiger partial charge in [0.2, 0.25) is 0 Å². The molecule has 0 unspecified atom stereocenters. The summed E-state index contributed by atoms with van der Waals surface area (Å²) >= 11 is 6.52. The standard InChI is InChI=1S/C41H34ClN5O7/c1-25-30(24-53-38-16-37(31(21-49)15-36(38)42)52-23-29-13-28(17-43)18-44-19-29)5-3-6-32(25)33-7-4-8-34(26(33)2)35-20-46-39-14-27(9-11-47(39)40(35)50)22-54-41(51)45-10-12-48/h3-9,11,13-16,18-21,48H,10,12,22-24H2,1-2H3,(H,45,51). The topological polar surface area (TPSA) is 165 Å². The van der Waals surface area contributed by atoms with Crippen molar-refractivity contribution < 1.29 is 28.9 Å². The fourth-order valence-corrected chi connectivity index (χ4v) is 6.15. The third-order valence-corrected chi connectivity index (χ3v) is 9.07. The summed E-state index contributed by atoms with van der Waals surface area (Å²) in [6, 6.07) is 21.8. The third kappa shape index (κ3) is 8.23. The number of hydrogen-bond acceptors (Lipinski definition) is 10. The lowest BCUT2D eigenvalue weighted by Crippen LogP contribution is -2.27. The number of hydrogen-bond donors (Lipinski definition) is 2. The van der Waals surface area contributed by atoms with Crippen molar-refractivity contribution in [3.05, 3.63) is 146 Å². The highest BCUT2D eigenvalue weighted by molar-refractivity contribution is 6.32. The molecule has 0 saturated heterocycles. The van der Waals surface area contributed by atoms with Crippen LogP contribution in [0.5, 0.6) is 11.5 Å². The van der Waals surface area contributed by atoms with Gasteiger partial charge in [-0.2, -0.15) is 5.26 Å². The second-order valence-electron chi connectivity index (χ2n) is 12.2. The Morgan fingerprint density at radius 2 is 1.65 bits per heavy atom. The van der Waals surface area contributed by atoms with E-state index in [-0.39, 0.29) is 54.9 Å². The molecule has 0 atom stereocenters. The van der Waals surface area contributed by atoms with E-state index in [1.54, 1.807) is 42.9 Å². The molecule has 13 heteroatoms. The smallest absolute Gasteiger partial charge is 0.407 e. The zero-order chi connectivity index (χ0) is 38.2. The SMILES string of the molecule is Cc1c(COc2cc(OCc3cncc(C#N)c3)c(C=O)cc2Cl)cccc1-c1cccc(-c2cnc3cc(COC(=O)NCCO)ccn3c2=O)c1C. The Bertz CT molecular complexity index is 2480. The summed E-state index contributed by atoms with van der Waals surface area (Å²) in [6.07, 6.45) is 6.19. The van der Waals surface area contributed by atoms with Crippen LogP contribution >= 0.6 is 11.6 Å². The van der Waals surface area contributed by atoms with Crippen LogP contribution in [0.3, 0.4) is 0 Å². The molecule has 0 aliphatic carbocycles. The second kappa shape index (κ2) is 16.9. The number of carbonyl (C=O) groups excluding carboxylic acids is 2. The van der Waals surface area contributed by atoms with Gasteiger partial charge in [-0.05, 0) is 77.1 Å². The van der Waals surface area contributed by atoms with E-state index >= 15 is 0 Å². The largest absolute Gasteiger partial charge is 0.488 e. The van der Waals surface area contributed by atoms with Gasteiger partial charge in [0, 0.05) is 43.0 Å². The van der Waals surface area contributed by atoms with Crippen molar-refractivity contribution in [3.8, 4) is 39.8 Å². The number of aliphatic hydroxyl groups excluding tert-OH is 1. The molecule has 0 radical (unpaired) electrons. The fourth-order valence-electron chi connectivity index (χ4n) is 5.92. The number of aliphatic hydroxyl groups is 1. The van der Waals surface area contributed by atoms with E-state index in [0.29, 0.717) is 39.9 Å². The average molecular weight is 744 g/mol. The summed E-state index contributed by atoms with van der Waals surface area (Å²) in [5.41, 5.74) is 7.92. The first-order valence-electron chi connectivity index (χ1n) is 16.8. The molecule has 6 aromatic rings. The number of aromatic nitrogens is 3. The van der Waals surface area contributed by atoms with Crippen LogP contribution < -0.4 is 20.3 Å². The number of halogens is 1. The molecular weight excluding hydrogens is 710 g/mol. The molecule has 3 aromatic heterocycles. The van der Waals surface area contributed by atoms with Crippen LogP contribution in [0.4, 0.5) is 4.79 Å². The van der Waals surface area contributed by atoms with Crippen molar-refractivity contribution in [3.63, 3.8) is 0 Å². The lowest BCUT2D eigenvalue weighted by molar-refractivity contribution is 0.111. The molecule has 1 amide bonds. The van der Waals surface area contributed by atoms with E-state index in [9.17, 15) is 19.6 Å². The minimum Gasteiger partial charge on any atom is -0.488 e. The molecule has 0 aliphatic heterocycles. The van der Waals surface area contributed by atoms with Crippen LogP contribution in [0, 0.1) is 25.2 Å². The van der Waals surface area contributed by atoms with E-state index in [1.807, 2.05) is 56.3 Å². The van der Waals surface area contributed by atoms with Gasteiger partial charge in [0.05, 0.1) is 28.3 Å². The van der Waals surface area contributed by atoms with Gasteiger partial charge in [-0.1, -0.05) is 48.0 Å². The average Bonchev–Trinajstić information content (AvgIpc) is 3.19. The summed E-state index contributed by atoms with van der Waals surface area (Å²) < 4.78 is 18.7. The Morgan fingerprint density at radius 1 is 0.907 bits per heavy atom. The first kappa shape index (κ1) is 37.2. The van der Waals surface area contributed by atoms with Crippen molar-refractivity contribution >= 4 is 29.6 Å². The minimum atomic E-state index is -0.655. The summed E-state index contributed by atoms with van der Waals surface area (Å²) in [4.78, 5) is 45.9. The number of nitriles is 1. The highest BCUT2D eigenvalue weighted by atomic mass is 35.5. The number of nitrogens with zero attached hydrogens (tertiary/aromatic N) is 4. The van der Waals surface area contributed by atoms with Crippen molar-refractivity contribution in [1.29, 1.82) is 5.26 Å². The van der Waals surface area contributed by atoms with Crippen LogP contribution in [0.1, 0.15) is 43.7 Å². The summed E-state index contributed by atoms with van der Waals surface area (Å²) in [6.45, 7) is 4.08. The number of rotatable bonds is 13. The highest BCUT2D eigenvalue weighted by Crippen LogP contribution is 2.36. The molecule has 272 valence electrons. The molecule has 0 bridgehead atoms. The molecule has 0 aliphatic rings. The van der Waals surface area contributed by atoms with Crippen molar-refractivity contribution in [2.45, 2.75) is 33.7 Å². The first-order valence-corrected chi connectivity index (χ1v) is 17.2. The molecule has 54 heavy (non-hydrogen) atoms. The van der Waals surface area contributed by atoms with Gasteiger partial charge in [0.25, 0.3) is 5.56 Å². The van der Waals surface area contributed by atoms with Crippen molar-refractivity contribution in [2.75, 3.05) is 13.2 Å². The number of amides is 1. The number of benzene rings is 3. The number of aldehydes is 1. The van der Waals surface area contributed by atoms with E-state index < -0.39 is 6.09 Å². The number of pyridine rings is 2. The fraction of sp³-hybridized carbons (Fsp3) is 0.171. The predicted octanol–water partition coefficient (Wildman–Crippen LogP) is 6.75. The number of nitrogens with one attached hydrogen (secondary N) is 1. The Kier molecular flexibility index (Phi) is 11.6. The van der Waals surface area contributed by atoms with Crippen molar-refractivity contribution in [2.24, 2.45) is 0 Å². The Hall–Kier alpha value is -6.55. The Labute approximate surface area is 315 Å². The van der Waals surface area contributed by atoms with E-state index in [4.69, 9.17) is 30.9 Å². The molecule has 3 heterocycles. The molecule has 6 rings (SSSR count). The Morgan fingerprint density at radius 3 is 2.41 bits per heavy atom. The normalized spacial score (nSPS) is 10.8. The summed E-state index contributed by atoms with van der Waals surface area (Å²) in [5, 5.41) is 20.7. The quantitative estimate of drug-likeness (QED) is 0.121. The lowest BCUT2D eigenvalue weighted by Gasteiger charge is -2.17. The van der Waals surface area contributed by atoms with Gasteiger partial charge in [0.1, 0.15) is 43.0 Å². The number of alkyl carbamates (subject to hydrolysis) is 1. The first-order chi connectivity index (χ1) is 26.2. The predicted molar refractivity (Wildman–Crippen MR) is 202 cm³/mol. The molecule has 2 N–H and O–H groups in total. The molecule has 3 aromatic carbocycles. The van der Waals surface area contributed by atoms with E-state index in [1.165, 1.54) is 16.7 Å². The van der Waals surface area contributed by atoms with Gasteiger partial charge in [-0.25, -0.2) is 9.78 Å². The zero-order valence-corrected chi connectivity index (χ0v) is 30.1. The maximum absolute atomic E-state index is 13.7. The maximum atomic E-state index is 13.7. The number of fused-ring (bicyclic) bond motifs is 1. The Balaban J connectivity index is 1.22. The van der Waals surface area contributed by atoms with Gasteiger partial charge in [-0.3, -0.25) is 19.0 Å². The second-order valence-corrected chi connectivity index (χ2v) is 12.7. The van der Waals surface area contributed by atoms with Crippen LogP contribution in [-0.4, -0.2) is 45.0 Å². The van der Waals surface area contributed by atoms with Gasteiger partial charge in [-0.15, -0.1) is 0 Å². The van der Waals surface area contributed by atoms with E-state index in [2.05, 4.69) is 15.3 Å². The van der Waals surface area contributed by atoms with Crippen LogP contribution in [0.2, 0.25) is 5.02 Å². The summed E-state index contributed by atoms with van der Waals surface area (Å²) in [5.74, 6) is 0.606. The minimum absolute atomic E-state index is 0.0244. The van der Waals surface area contributed by atoms with Crippen LogP contribution in [-0.2, 0) is 24.6 Å². The van der Waals surface area contributed by atoms with Crippen LogP contribution in [0.25, 0.3) is 27.9 Å². The third-order valence-electron chi connectivity index (χ3n) is 8.78. The van der Waals surface area contributed by atoms with Gasteiger partial charge >= 0.3 is 6.09 Å². The van der Waals surface area contributed by atoms with Gasteiger partial charge in [0.15, 0.2) is 6.29 Å². The maximum Gasteiger partial charge on any atom is 0.407 e. The summed E-state index contributed by atoms with van der Waals surface area (Å²) in [7, 11) is 0. The van der Waals surface area contributed by atoms with Gasteiger partial charge < -0.3 is 24.6 Å². The van der Waals surface area contributed by atoms with Crippen LogP contribution in [0.15, 0.2) is 96.3 Å². The molecule has 0 saturated carbocycles. The van der Waals surface area contributed by atoms with E-state index in [0.717, 1.165) is 33.4 Å². The highest BCUT2D eigenvalue weighted by Gasteiger charge is 2.17. The lowest BCUT2D eigenvalue weighted by atomic mass is 9.90. The molecular formula is C41H34ClN5O7. The number of carbonyl (C=O) groups is 2. The molecule has 12 nitrogen and oxygen atoms in total. The molecule has 0 spiro atoms. The number of ether oxygens (including phenoxy) is 3. The molecule has 0 fully saturated rings.